The van der Waals surface area contributed by atoms with E-state index >= 15 is 0 Å². The summed E-state index contributed by atoms with van der Waals surface area (Å²) in [6, 6.07) is 10.5. The second kappa shape index (κ2) is 10.7. The van der Waals surface area contributed by atoms with Crippen molar-refractivity contribution in [3.63, 3.8) is 0 Å². The molecule has 8 nitrogen and oxygen atoms in total. The minimum absolute atomic E-state index is 0.0292. The van der Waals surface area contributed by atoms with Crippen LogP contribution in [0.15, 0.2) is 45.8 Å². The molecule has 2 heterocycles. The summed E-state index contributed by atoms with van der Waals surface area (Å²) in [5.74, 6) is 0.0243. The van der Waals surface area contributed by atoms with Gasteiger partial charge >= 0.3 is 0 Å². The molecule has 2 aromatic carbocycles. The lowest BCUT2D eigenvalue weighted by molar-refractivity contribution is -0.121. The van der Waals surface area contributed by atoms with Crippen LogP contribution in [0.2, 0.25) is 0 Å². The minimum atomic E-state index is -3.87. The maximum Gasteiger partial charge on any atom is 0.244 e. The van der Waals surface area contributed by atoms with Gasteiger partial charge in [-0.15, -0.1) is 0 Å². The summed E-state index contributed by atoms with van der Waals surface area (Å²) in [4.78, 5) is 27.1. The van der Waals surface area contributed by atoms with Crippen molar-refractivity contribution in [1.82, 2.24) is 4.31 Å². The second-order valence-corrected chi connectivity index (χ2v) is 11.5. The topological polar surface area (TPSA) is 96.0 Å². The SMILES string of the molecule is CCOc1ccc(NC(=O)C2CCCN(S(=O)(=O)c3cc4c(cc3Br)CCN4C(=O)CC)C2)cc1. The van der Waals surface area contributed by atoms with Crippen LogP contribution >= 0.6 is 15.9 Å². The highest BCUT2D eigenvalue weighted by Crippen LogP contribution is 2.37. The van der Waals surface area contributed by atoms with Crippen LogP contribution in [0.3, 0.4) is 0 Å². The second-order valence-electron chi connectivity index (χ2n) is 8.71. The molecule has 1 N–H and O–H groups in total. The van der Waals surface area contributed by atoms with Gasteiger partial charge in [0.05, 0.1) is 17.4 Å². The molecule has 0 saturated carbocycles. The Kier molecular flexibility index (Phi) is 7.83. The minimum Gasteiger partial charge on any atom is -0.494 e. The van der Waals surface area contributed by atoms with Gasteiger partial charge < -0.3 is 15.0 Å². The Morgan fingerprint density at radius 2 is 1.89 bits per heavy atom. The van der Waals surface area contributed by atoms with Crippen LogP contribution in [0.1, 0.15) is 38.7 Å². The number of benzene rings is 2. The molecule has 1 saturated heterocycles. The Bertz CT molecular complexity index is 1220. The van der Waals surface area contributed by atoms with Gasteiger partial charge in [-0.2, -0.15) is 4.31 Å². The molecule has 0 radical (unpaired) electrons. The predicted octanol–water partition coefficient (Wildman–Crippen LogP) is 4.19. The number of hydrogen-bond acceptors (Lipinski definition) is 5. The molecule has 4 rings (SSSR count). The first kappa shape index (κ1) is 25.7. The number of nitrogens with one attached hydrogen (secondary N) is 1. The molecule has 35 heavy (non-hydrogen) atoms. The summed E-state index contributed by atoms with van der Waals surface area (Å²) in [5, 5.41) is 2.89. The van der Waals surface area contributed by atoms with Crippen molar-refractivity contribution >= 4 is 49.1 Å². The molecular weight excluding hydrogens is 534 g/mol. The number of piperidine rings is 1. The number of sulfonamides is 1. The van der Waals surface area contributed by atoms with Gasteiger partial charge in [0.15, 0.2) is 0 Å². The molecule has 10 heteroatoms. The summed E-state index contributed by atoms with van der Waals surface area (Å²) < 4.78 is 34.5. The fourth-order valence-electron chi connectivity index (χ4n) is 4.59. The molecule has 1 unspecified atom stereocenters. The van der Waals surface area contributed by atoms with Crippen molar-refractivity contribution in [2.24, 2.45) is 5.92 Å². The van der Waals surface area contributed by atoms with Gasteiger partial charge in [0.1, 0.15) is 5.75 Å². The van der Waals surface area contributed by atoms with Gasteiger partial charge in [-0.25, -0.2) is 8.42 Å². The molecule has 2 aliphatic rings. The van der Waals surface area contributed by atoms with E-state index in [0.717, 1.165) is 11.3 Å². The largest absolute Gasteiger partial charge is 0.494 e. The highest BCUT2D eigenvalue weighted by molar-refractivity contribution is 9.10. The van der Waals surface area contributed by atoms with Crippen molar-refractivity contribution < 1.29 is 22.7 Å². The molecule has 0 spiro atoms. The first-order chi connectivity index (χ1) is 16.7. The zero-order valence-electron chi connectivity index (χ0n) is 19.9. The summed E-state index contributed by atoms with van der Waals surface area (Å²) in [6.07, 6.45) is 2.25. The number of nitrogens with zero attached hydrogens (tertiary/aromatic N) is 2. The number of halogens is 1. The Hall–Kier alpha value is -2.43. The van der Waals surface area contributed by atoms with Crippen molar-refractivity contribution in [2.45, 2.75) is 44.4 Å². The van der Waals surface area contributed by atoms with Crippen molar-refractivity contribution in [1.29, 1.82) is 0 Å². The van der Waals surface area contributed by atoms with Gasteiger partial charge in [0.2, 0.25) is 21.8 Å². The van der Waals surface area contributed by atoms with E-state index in [1.807, 2.05) is 6.92 Å². The molecule has 0 bridgehead atoms. The van der Waals surface area contributed by atoms with E-state index in [0.29, 0.717) is 61.2 Å². The molecule has 2 aliphatic heterocycles. The fourth-order valence-corrected chi connectivity index (χ4v) is 7.19. The Morgan fingerprint density at radius 3 is 2.57 bits per heavy atom. The van der Waals surface area contributed by atoms with Gasteiger partial charge in [0, 0.05) is 41.9 Å². The number of hydrogen-bond donors (Lipinski definition) is 1. The third kappa shape index (κ3) is 5.39. The van der Waals surface area contributed by atoms with E-state index in [4.69, 9.17) is 4.74 Å². The number of fused-ring (bicyclic) bond motifs is 1. The Labute approximate surface area is 214 Å². The first-order valence-electron chi connectivity index (χ1n) is 11.9. The number of anilines is 2. The summed E-state index contributed by atoms with van der Waals surface area (Å²) in [7, 11) is -3.87. The standard InChI is InChI=1S/C25H30BrN3O5S/c1-3-24(30)29-13-11-17-14-21(26)23(15-22(17)29)35(32,33)28-12-5-6-18(16-28)25(31)27-19-7-9-20(10-8-19)34-4-2/h7-10,14-15,18H,3-6,11-13,16H2,1-2H3,(H,27,31). The maximum absolute atomic E-state index is 13.6. The molecule has 0 aliphatic carbocycles. The number of rotatable bonds is 7. The maximum atomic E-state index is 13.6. The highest BCUT2D eigenvalue weighted by atomic mass is 79.9. The average molecular weight is 565 g/mol. The van der Waals surface area contributed by atoms with Crippen LogP contribution in [0.25, 0.3) is 0 Å². The van der Waals surface area contributed by atoms with Crippen LogP contribution < -0.4 is 15.0 Å². The number of amides is 2. The lowest BCUT2D eigenvalue weighted by Crippen LogP contribution is -2.43. The summed E-state index contributed by atoms with van der Waals surface area (Å²) >= 11 is 3.43. The zero-order chi connectivity index (χ0) is 25.2. The van der Waals surface area contributed by atoms with Crippen LogP contribution in [0.4, 0.5) is 11.4 Å². The number of carbonyl (C=O) groups excluding carboxylic acids is 2. The van der Waals surface area contributed by atoms with Crippen molar-refractivity contribution in [3.8, 4) is 5.75 Å². The molecule has 1 atom stereocenters. The third-order valence-corrected chi connectivity index (χ3v) is 9.26. The molecule has 0 aromatic heterocycles. The molecule has 2 amide bonds. The summed E-state index contributed by atoms with van der Waals surface area (Å²) in [5.41, 5.74) is 2.24. The van der Waals surface area contributed by atoms with Crippen molar-refractivity contribution in [2.75, 3.05) is 36.5 Å². The highest BCUT2D eigenvalue weighted by Gasteiger charge is 2.36. The van der Waals surface area contributed by atoms with E-state index in [2.05, 4.69) is 21.2 Å². The van der Waals surface area contributed by atoms with E-state index in [9.17, 15) is 18.0 Å². The third-order valence-electron chi connectivity index (χ3n) is 6.44. The van der Waals surface area contributed by atoms with Crippen LogP contribution in [-0.2, 0) is 26.0 Å². The molecule has 188 valence electrons. The fraction of sp³-hybridized carbons (Fsp3) is 0.440. The normalized spacial score (nSPS) is 18.3. The van der Waals surface area contributed by atoms with Gasteiger partial charge in [-0.05, 0) is 84.1 Å². The average Bonchev–Trinajstić information content (AvgIpc) is 3.27. The van der Waals surface area contributed by atoms with E-state index < -0.39 is 15.9 Å². The van der Waals surface area contributed by atoms with Gasteiger partial charge in [-0.3, -0.25) is 9.59 Å². The predicted molar refractivity (Wildman–Crippen MR) is 138 cm³/mol. The zero-order valence-corrected chi connectivity index (χ0v) is 22.3. The lowest BCUT2D eigenvalue weighted by Gasteiger charge is -2.31. The monoisotopic (exact) mass is 563 g/mol. The lowest BCUT2D eigenvalue weighted by atomic mass is 9.99. The number of carbonyl (C=O) groups is 2. The van der Waals surface area contributed by atoms with Crippen LogP contribution in [0.5, 0.6) is 5.75 Å². The van der Waals surface area contributed by atoms with E-state index in [1.165, 1.54) is 4.31 Å². The van der Waals surface area contributed by atoms with Crippen LogP contribution in [-0.4, -0.2) is 50.8 Å². The van der Waals surface area contributed by atoms with Gasteiger partial charge in [-0.1, -0.05) is 6.92 Å². The Balaban J connectivity index is 1.51. The van der Waals surface area contributed by atoms with Crippen LogP contribution in [0, 0.1) is 5.92 Å². The molecule has 1 fully saturated rings. The molecular formula is C25H30BrN3O5S. The summed E-state index contributed by atoms with van der Waals surface area (Å²) in [6.45, 7) is 5.26. The number of ether oxygens (including phenoxy) is 1. The van der Waals surface area contributed by atoms with E-state index in [-0.39, 0.29) is 23.3 Å². The van der Waals surface area contributed by atoms with E-state index in [1.54, 1.807) is 48.2 Å². The van der Waals surface area contributed by atoms with Gasteiger partial charge in [0.25, 0.3) is 0 Å². The smallest absolute Gasteiger partial charge is 0.244 e. The quantitative estimate of drug-likeness (QED) is 0.545. The molecule has 2 aromatic rings. The van der Waals surface area contributed by atoms with Crippen molar-refractivity contribution in [3.05, 3.63) is 46.4 Å². The first-order valence-corrected chi connectivity index (χ1v) is 14.1. The Morgan fingerprint density at radius 1 is 1.14 bits per heavy atom.